The fourth-order valence-corrected chi connectivity index (χ4v) is 3.82. The van der Waals surface area contributed by atoms with Gasteiger partial charge in [-0.2, -0.15) is 9.57 Å². The average Bonchev–Trinajstić information content (AvgIpc) is 2.39. The molecule has 0 bridgehead atoms. The monoisotopic (exact) mass is 264 g/mol. The maximum atomic E-state index is 12.4. The molecule has 4 nitrogen and oxygen atoms in total. The first-order chi connectivity index (χ1) is 8.54. The van der Waals surface area contributed by atoms with E-state index in [1.54, 1.807) is 18.2 Å². The fourth-order valence-electron chi connectivity index (χ4n) is 2.19. The summed E-state index contributed by atoms with van der Waals surface area (Å²) < 4.78 is 26.3. The average molecular weight is 264 g/mol. The number of benzene rings is 1. The molecule has 1 heterocycles. The van der Waals surface area contributed by atoms with Crippen molar-refractivity contribution in [3.8, 4) is 6.07 Å². The number of nitriles is 1. The summed E-state index contributed by atoms with van der Waals surface area (Å²) in [5.74, 6) is -0.182. The molecule has 0 amide bonds. The SMILES string of the molecule is Cc1cccc(S(=O)(=O)N2CCCC(C#N)C2)c1. The normalized spacial score (nSPS) is 21.4. The highest BCUT2D eigenvalue weighted by atomic mass is 32.2. The largest absolute Gasteiger partial charge is 0.243 e. The maximum Gasteiger partial charge on any atom is 0.243 e. The zero-order valence-corrected chi connectivity index (χ0v) is 11.2. The summed E-state index contributed by atoms with van der Waals surface area (Å²) in [6.45, 7) is 2.69. The highest BCUT2D eigenvalue weighted by Crippen LogP contribution is 2.23. The minimum atomic E-state index is -3.45. The molecule has 1 aliphatic rings. The molecule has 96 valence electrons. The molecule has 0 aromatic heterocycles. The summed E-state index contributed by atoms with van der Waals surface area (Å²) in [7, 11) is -3.45. The van der Waals surface area contributed by atoms with Gasteiger partial charge in [-0.25, -0.2) is 8.42 Å². The minimum Gasteiger partial charge on any atom is -0.207 e. The van der Waals surface area contributed by atoms with E-state index in [9.17, 15) is 8.42 Å². The van der Waals surface area contributed by atoms with E-state index in [2.05, 4.69) is 6.07 Å². The number of nitrogens with zero attached hydrogens (tertiary/aromatic N) is 2. The van der Waals surface area contributed by atoms with Gasteiger partial charge in [-0.15, -0.1) is 0 Å². The summed E-state index contributed by atoms with van der Waals surface area (Å²) in [5.41, 5.74) is 0.921. The van der Waals surface area contributed by atoms with Crippen molar-refractivity contribution < 1.29 is 8.42 Å². The fraction of sp³-hybridized carbons (Fsp3) is 0.462. The number of aryl methyl sites for hydroxylation is 1. The highest BCUT2D eigenvalue weighted by molar-refractivity contribution is 7.89. The second kappa shape index (κ2) is 5.09. The Kier molecular flexibility index (Phi) is 3.69. The lowest BCUT2D eigenvalue weighted by atomic mass is 10.0. The zero-order valence-electron chi connectivity index (χ0n) is 10.3. The van der Waals surface area contributed by atoms with Crippen molar-refractivity contribution in [2.75, 3.05) is 13.1 Å². The van der Waals surface area contributed by atoms with Gasteiger partial charge < -0.3 is 0 Å². The van der Waals surface area contributed by atoms with Crippen LogP contribution >= 0.6 is 0 Å². The minimum absolute atomic E-state index is 0.182. The van der Waals surface area contributed by atoms with Crippen molar-refractivity contribution in [1.82, 2.24) is 4.31 Å². The second-order valence-electron chi connectivity index (χ2n) is 4.65. The highest BCUT2D eigenvalue weighted by Gasteiger charge is 2.30. The van der Waals surface area contributed by atoms with Gasteiger partial charge in [0, 0.05) is 13.1 Å². The van der Waals surface area contributed by atoms with Crippen LogP contribution in [0, 0.1) is 24.2 Å². The van der Waals surface area contributed by atoms with Crippen molar-refractivity contribution in [1.29, 1.82) is 5.26 Å². The molecule has 0 radical (unpaired) electrons. The molecule has 1 aromatic carbocycles. The first-order valence-corrected chi connectivity index (χ1v) is 7.44. The molecule has 1 aromatic rings. The Bertz CT molecular complexity index is 575. The molecule has 1 aliphatic heterocycles. The van der Waals surface area contributed by atoms with Crippen molar-refractivity contribution in [3.05, 3.63) is 29.8 Å². The molecule has 2 rings (SSSR count). The van der Waals surface area contributed by atoms with Gasteiger partial charge in [0.05, 0.1) is 16.9 Å². The smallest absolute Gasteiger partial charge is 0.207 e. The molecule has 1 atom stereocenters. The van der Waals surface area contributed by atoms with E-state index in [1.165, 1.54) is 4.31 Å². The van der Waals surface area contributed by atoms with Crippen LogP contribution in [0.15, 0.2) is 29.2 Å². The lowest BCUT2D eigenvalue weighted by Gasteiger charge is -2.28. The Labute approximate surface area is 108 Å². The second-order valence-corrected chi connectivity index (χ2v) is 6.59. The molecule has 0 N–H and O–H groups in total. The molecular formula is C13H16N2O2S. The van der Waals surface area contributed by atoms with Crippen molar-refractivity contribution in [3.63, 3.8) is 0 Å². The van der Waals surface area contributed by atoms with E-state index in [-0.39, 0.29) is 5.92 Å². The topological polar surface area (TPSA) is 61.2 Å². The molecule has 0 spiro atoms. The number of piperidine rings is 1. The molecule has 5 heteroatoms. The summed E-state index contributed by atoms with van der Waals surface area (Å²) >= 11 is 0. The Morgan fingerprint density at radius 3 is 2.89 bits per heavy atom. The van der Waals surface area contributed by atoms with Crippen molar-refractivity contribution in [2.24, 2.45) is 5.92 Å². The Morgan fingerprint density at radius 2 is 2.22 bits per heavy atom. The predicted molar refractivity (Wildman–Crippen MR) is 68.3 cm³/mol. The predicted octanol–water partition coefficient (Wildman–Crippen LogP) is 1.92. The van der Waals surface area contributed by atoms with Gasteiger partial charge in [-0.1, -0.05) is 12.1 Å². The van der Waals surface area contributed by atoms with E-state index in [0.29, 0.717) is 18.0 Å². The lowest BCUT2D eigenvalue weighted by Crippen LogP contribution is -2.39. The van der Waals surface area contributed by atoms with Crippen LogP contribution in [0.25, 0.3) is 0 Å². The molecule has 0 aliphatic carbocycles. The van der Waals surface area contributed by atoms with Crippen LogP contribution in [0.2, 0.25) is 0 Å². The van der Waals surface area contributed by atoms with Crippen LogP contribution in [0.1, 0.15) is 18.4 Å². The summed E-state index contributed by atoms with van der Waals surface area (Å²) in [6.07, 6.45) is 1.54. The quantitative estimate of drug-likeness (QED) is 0.820. The van der Waals surface area contributed by atoms with Crippen LogP contribution in [0.4, 0.5) is 0 Å². The van der Waals surface area contributed by atoms with Crippen molar-refractivity contribution in [2.45, 2.75) is 24.7 Å². The molecule has 18 heavy (non-hydrogen) atoms. The van der Waals surface area contributed by atoms with Gasteiger partial charge in [0.2, 0.25) is 10.0 Å². The number of hydrogen-bond donors (Lipinski definition) is 0. The molecule has 1 saturated heterocycles. The zero-order chi connectivity index (χ0) is 13.2. The molecule has 1 fully saturated rings. The first kappa shape index (κ1) is 13.1. The van der Waals surface area contributed by atoms with Crippen LogP contribution in [-0.2, 0) is 10.0 Å². The third kappa shape index (κ3) is 2.55. The molecule has 0 saturated carbocycles. The van der Waals surface area contributed by atoms with Gasteiger partial charge in [-0.05, 0) is 37.5 Å². The summed E-state index contributed by atoms with van der Waals surface area (Å²) in [5, 5.41) is 8.92. The van der Waals surface area contributed by atoms with Gasteiger partial charge >= 0.3 is 0 Å². The van der Waals surface area contributed by atoms with E-state index in [0.717, 1.165) is 18.4 Å². The third-order valence-corrected chi connectivity index (χ3v) is 5.06. The van der Waals surface area contributed by atoms with Crippen LogP contribution in [0.5, 0.6) is 0 Å². The summed E-state index contributed by atoms with van der Waals surface area (Å²) in [6, 6.07) is 9.06. The van der Waals surface area contributed by atoms with Gasteiger partial charge in [0.1, 0.15) is 0 Å². The van der Waals surface area contributed by atoms with E-state index in [4.69, 9.17) is 5.26 Å². The maximum absolute atomic E-state index is 12.4. The number of sulfonamides is 1. The van der Waals surface area contributed by atoms with Gasteiger partial charge in [0.15, 0.2) is 0 Å². The third-order valence-electron chi connectivity index (χ3n) is 3.19. The first-order valence-electron chi connectivity index (χ1n) is 6.00. The summed E-state index contributed by atoms with van der Waals surface area (Å²) in [4.78, 5) is 0.320. The van der Waals surface area contributed by atoms with E-state index < -0.39 is 10.0 Å². The van der Waals surface area contributed by atoms with E-state index in [1.807, 2.05) is 13.0 Å². The number of rotatable bonds is 2. The number of hydrogen-bond acceptors (Lipinski definition) is 3. The van der Waals surface area contributed by atoms with Gasteiger partial charge in [0.25, 0.3) is 0 Å². The molecular weight excluding hydrogens is 248 g/mol. The Balaban J connectivity index is 2.29. The Hall–Kier alpha value is -1.38. The van der Waals surface area contributed by atoms with Crippen LogP contribution < -0.4 is 0 Å². The Morgan fingerprint density at radius 1 is 1.44 bits per heavy atom. The van der Waals surface area contributed by atoms with Crippen LogP contribution in [0.3, 0.4) is 0 Å². The van der Waals surface area contributed by atoms with Crippen molar-refractivity contribution >= 4 is 10.0 Å². The van der Waals surface area contributed by atoms with Gasteiger partial charge in [-0.3, -0.25) is 0 Å². The standard InChI is InChI=1S/C13H16N2O2S/c1-11-4-2-6-13(8-11)18(16,17)15-7-3-5-12(9-14)10-15/h2,4,6,8,12H,3,5,7,10H2,1H3. The van der Waals surface area contributed by atoms with E-state index >= 15 is 0 Å². The lowest BCUT2D eigenvalue weighted by molar-refractivity contribution is 0.305. The van der Waals surface area contributed by atoms with Crippen LogP contribution in [-0.4, -0.2) is 25.8 Å². The molecule has 1 unspecified atom stereocenters.